The standard InChI is InChI=1S/C32H41N2O2.ClH/c1-2-3-4-5-6-7-8-17-24-36-26-34-30-23-16-15-22-29(30)33(25-27-18-11-9-12-19-27)32(34)31(35)28-20-13-10-14-21-28;/h9-16,18-23,31,35H,2-8,17,24-26H2,1H3;1H/q+1;/p-1. The maximum absolute atomic E-state index is 11.6. The van der Waals surface area contributed by atoms with Crippen LogP contribution in [0, 0.1) is 0 Å². The SMILES string of the molecule is CCCCCCCCCCOCn1c(C(O)c2ccccc2)[n+](Cc2ccccc2)c2ccccc21.[Cl-]. The first kappa shape index (κ1) is 28.9. The number of hydrogen-bond acceptors (Lipinski definition) is 2. The molecule has 0 aliphatic rings. The lowest BCUT2D eigenvalue weighted by Gasteiger charge is -2.12. The third kappa shape index (κ3) is 7.91. The molecule has 1 atom stereocenters. The molecular weight excluding hydrogens is 480 g/mol. The Bertz CT molecular complexity index is 1180. The van der Waals surface area contributed by atoms with E-state index in [-0.39, 0.29) is 12.4 Å². The zero-order valence-corrected chi connectivity index (χ0v) is 22.8. The molecule has 1 unspecified atom stereocenters. The first-order valence-corrected chi connectivity index (χ1v) is 13.6. The number of aliphatic hydroxyl groups is 1. The average Bonchev–Trinajstić information content (AvgIpc) is 3.23. The van der Waals surface area contributed by atoms with Crippen LogP contribution in [0.4, 0.5) is 0 Å². The minimum Gasteiger partial charge on any atom is -1.00 e. The van der Waals surface area contributed by atoms with E-state index in [1.807, 2.05) is 36.4 Å². The minimum absolute atomic E-state index is 0. The molecular formula is C32H41ClN2O2. The Balaban J connectivity index is 0.00000380. The molecule has 4 rings (SSSR count). The Hall–Kier alpha value is -2.66. The molecule has 0 fully saturated rings. The molecule has 0 aliphatic carbocycles. The van der Waals surface area contributed by atoms with E-state index in [9.17, 15) is 5.11 Å². The summed E-state index contributed by atoms with van der Waals surface area (Å²) in [6.45, 7) is 4.11. The second-order valence-corrected chi connectivity index (χ2v) is 9.67. The quantitative estimate of drug-likeness (QED) is 0.189. The van der Waals surface area contributed by atoms with Crippen LogP contribution in [0.5, 0.6) is 0 Å². The number of imidazole rings is 1. The number of nitrogens with zero attached hydrogens (tertiary/aromatic N) is 2. The number of fused-ring (bicyclic) bond motifs is 1. The van der Waals surface area contributed by atoms with Crippen LogP contribution in [0.25, 0.3) is 11.0 Å². The molecule has 0 aliphatic heterocycles. The van der Waals surface area contributed by atoms with Crippen molar-refractivity contribution in [2.45, 2.75) is 77.7 Å². The van der Waals surface area contributed by atoms with Gasteiger partial charge in [0.25, 0.3) is 5.82 Å². The molecule has 0 spiro atoms. The molecule has 1 heterocycles. The van der Waals surface area contributed by atoms with Gasteiger partial charge in [0, 0.05) is 0 Å². The maximum atomic E-state index is 11.6. The number of halogens is 1. The van der Waals surface area contributed by atoms with Gasteiger partial charge in [-0.1, -0.05) is 125 Å². The van der Waals surface area contributed by atoms with Crippen LogP contribution in [0.1, 0.15) is 81.3 Å². The van der Waals surface area contributed by atoms with Gasteiger partial charge in [0.15, 0.2) is 23.9 Å². The third-order valence-electron chi connectivity index (χ3n) is 6.92. The van der Waals surface area contributed by atoms with Crippen molar-refractivity contribution >= 4 is 11.0 Å². The number of rotatable bonds is 15. The zero-order valence-electron chi connectivity index (χ0n) is 22.1. The monoisotopic (exact) mass is 520 g/mol. The fraction of sp³-hybridized carbons (Fsp3) is 0.406. The van der Waals surface area contributed by atoms with Gasteiger partial charge in [0.05, 0.1) is 6.61 Å². The Morgan fingerprint density at radius 3 is 2.05 bits per heavy atom. The van der Waals surface area contributed by atoms with Gasteiger partial charge < -0.3 is 22.3 Å². The largest absolute Gasteiger partial charge is 1.00 e. The van der Waals surface area contributed by atoms with E-state index in [2.05, 4.69) is 64.6 Å². The Morgan fingerprint density at radius 2 is 1.35 bits per heavy atom. The van der Waals surface area contributed by atoms with Gasteiger partial charge >= 0.3 is 0 Å². The predicted molar refractivity (Wildman–Crippen MR) is 147 cm³/mol. The molecule has 0 saturated heterocycles. The zero-order chi connectivity index (χ0) is 25.0. The van der Waals surface area contributed by atoms with E-state index in [1.165, 1.54) is 50.5 Å². The molecule has 4 aromatic rings. The molecule has 5 heteroatoms. The van der Waals surface area contributed by atoms with Crippen LogP contribution in [0.2, 0.25) is 0 Å². The van der Waals surface area contributed by atoms with Crippen LogP contribution in [0.3, 0.4) is 0 Å². The Labute approximate surface area is 228 Å². The summed E-state index contributed by atoms with van der Waals surface area (Å²) in [7, 11) is 0. The summed E-state index contributed by atoms with van der Waals surface area (Å²) >= 11 is 0. The summed E-state index contributed by atoms with van der Waals surface area (Å²) in [5, 5.41) is 11.6. The van der Waals surface area contributed by atoms with Crippen LogP contribution < -0.4 is 17.0 Å². The van der Waals surface area contributed by atoms with Gasteiger partial charge in [0.2, 0.25) is 0 Å². The highest BCUT2D eigenvalue weighted by Gasteiger charge is 2.31. The van der Waals surface area contributed by atoms with E-state index >= 15 is 0 Å². The normalized spacial score (nSPS) is 11.9. The van der Waals surface area contributed by atoms with E-state index in [0.717, 1.165) is 35.4 Å². The van der Waals surface area contributed by atoms with Gasteiger partial charge in [-0.3, -0.25) is 0 Å². The fourth-order valence-electron chi connectivity index (χ4n) is 4.95. The van der Waals surface area contributed by atoms with E-state index in [4.69, 9.17) is 4.74 Å². The molecule has 0 bridgehead atoms. The van der Waals surface area contributed by atoms with Gasteiger partial charge in [-0.05, 0) is 29.7 Å². The maximum Gasteiger partial charge on any atom is 0.293 e. The minimum atomic E-state index is -0.756. The van der Waals surface area contributed by atoms with Crippen molar-refractivity contribution in [2.75, 3.05) is 6.61 Å². The number of ether oxygens (including phenoxy) is 1. The van der Waals surface area contributed by atoms with Gasteiger partial charge in [0.1, 0.15) is 6.54 Å². The van der Waals surface area contributed by atoms with Gasteiger partial charge in [-0.15, -0.1) is 0 Å². The average molecular weight is 521 g/mol. The Morgan fingerprint density at radius 1 is 0.757 bits per heavy atom. The number of para-hydroxylation sites is 2. The second-order valence-electron chi connectivity index (χ2n) is 9.67. The summed E-state index contributed by atoms with van der Waals surface area (Å²) in [4.78, 5) is 0. The predicted octanol–water partition coefficient (Wildman–Crippen LogP) is 4.18. The molecule has 0 radical (unpaired) electrons. The number of hydrogen-bond donors (Lipinski definition) is 1. The highest BCUT2D eigenvalue weighted by Crippen LogP contribution is 2.25. The molecule has 1 aromatic heterocycles. The van der Waals surface area contributed by atoms with E-state index in [0.29, 0.717) is 13.3 Å². The topological polar surface area (TPSA) is 38.3 Å². The van der Waals surface area contributed by atoms with Crippen molar-refractivity contribution in [3.05, 3.63) is 102 Å². The highest BCUT2D eigenvalue weighted by molar-refractivity contribution is 5.72. The second kappa shape index (κ2) is 15.6. The molecule has 3 aromatic carbocycles. The number of benzene rings is 3. The summed E-state index contributed by atoms with van der Waals surface area (Å²) in [5.41, 5.74) is 4.26. The molecule has 37 heavy (non-hydrogen) atoms. The first-order valence-electron chi connectivity index (χ1n) is 13.6. The third-order valence-corrected chi connectivity index (χ3v) is 6.92. The van der Waals surface area contributed by atoms with Crippen molar-refractivity contribution in [3.8, 4) is 0 Å². The fourth-order valence-corrected chi connectivity index (χ4v) is 4.95. The van der Waals surface area contributed by atoms with E-state index < -0.39 is 6.10 Å². The summed E-state index contributed by atoms with van der Waals surface area (Å²) in [6.07, 6.45) is 9.52. The van der Waals surface area contributed by atoms with Crippen molar-refractivity contribution in [1.82, 2.24) is 4.57 Å². The Kier molecular flexibility index (Phi) is 12.2. The van der Waals surface area contributed by atoms with Gasteiger partial charge in [-0.25, -0.2) is 4.57 Å². The van der Waals surface area contributed by atoms with Crippen LogP contribution >= 0.6 is 0 Å². The van der Waals surface area contributed by atoms with Crippen molar-refractivity contribution in [2.24, 2.45) is 0 Å². The van der Waals surface area contributed by atoms with Crippen molar-refractivity contribution in [3.63, 3.8) is 0 Å². The molecule has 4 nitrogen and oxygen atoms in total. The molecule has 0 amide bonds. The van der Waals surface area contributed by atoms with E-state index in [1.54, 1.807) is 0 Å². The highest BCUT2D eigenvalue weighted by atomic mass is 35.5. The summed E-state index contributed by atoms with van der Waals surface area (Å²) in [6, 6.07) is 28.7. The smallest absolute Gasteiger partial charge is 0.293 e. The first-order chi connectivity index (χ1) is 17.8. The molecule has 198 valence electrons. The lowest BCUT2D eigenvalue weighted by atomic mass is 10.1. The number of unbranched alkanes of at least 4 members (excludes halogenated alkanes) is 7. The van der Waals surface area contributed by atoms with Crippen LogP contribution in [-0.4, -0.2) is 16.3 Å². The van der Waals surface area contributed by atoms with Crippen LogP contribution in [-0.2, 0) is 18.0 Å². The number of aliphatic hydroxyl groups excluding tert-OH is 1. The lowest BCUT2D eigenvalue weighted by molar-refractivity contribution is -0.674. The van der Waals surface area contributed by atoms with Crippen molar-refractivity contribution < 1.29 is 26.8 Å². The van der Waals surface area contributed by atoms with Crippen LogP contribution in [0.15, 0.2) is 84.9 Å². The molecule has 1 N–H and O–H groups in total. The lowest BCUT2D eigenvalue weighted by Crippen LogP contribution is -3.00. The summed E-state index contributed by atoms with van der Waals surface area (Å²) in [5.74, 6) is 0.849. The van der Waals surface area contributed by atoms with Gasteiger partial charge in [-0.2, -0.15) is 4.57 Å². The summed E-state index contributed by atoms with van der Waals surface area (Å²) < 4.78 is 10.6. The number of aromatic nitrogens is 2. The molecule has 0 saturated carbocycles. The van der Waals surface area contributed by atoms with Crippen molar-refractivity contribution in [1.29, 1.82) is 0 Å².